The highest BCUT2D eigenvalue weighted by Gasteiger charge is 2.38. The Morgan fingerprint density at radius 1 is 1.09 bits per heavy atom. The number of rotatable bonds is 2. The molecule has 0 N–H and O–H groups in total. The van der Waals surface area contributed by atoms with Gasteiger partial charge in [-0.2, -0.15) is 15.8 Å². The molecule has 156 valence electrons. The van der Waals surface area contributed by atoms with Crippen LogP contribution >= 0.6 is 0 Å². The van der Waals surface area contributed by atoms with Crippen LogP contribution in [0.25, 0.3) is 23.1 Å². The van der Waals surface area contributed by atoms with E-state index in [9.17, 15) is 20.6 Å². The fourth-order valence-corrected chi connectivity index (χ4v) is 3.60. The van der Waals surface area contributed by atoms with Crippen molar-refractivity contribution < 1.29 is 9.15 Å². The summed E-state index contributed by atoms with van der Waals surface area (Å²) >= 11 is 0. The Bertz CT molecular complexity index is 1590. The van der Waals surface area contributed by atoms with E-state index < -0.39 is 11.2 Å². The van der Waals surface area contributed by atoms with Gasteiger partial charge in [-0.15, -0.1) is 0 Å². The monoisotopic (exact) mass is 429 g/mol. The van der Waals surface area contributed by atoms with Crippen LogP contribution in [0.5, 0.6) is 0 Å². The Balaban J connectivity index is 1.83. The average molecular weight is 429 g/mol. The van der Waals surface area contributed by atoms with Crippen LogP contribution in [-0.4, -0.2) is 5.60 Å². The smallest absolute Gasteiger partial charge is 0.343 e. The second kappa shape index (κ2) is 8.24. The maximum absolute atomic E-state index is 12.6. The number of hydrogen-bond acceptors (Lipinski definition) is 6. The molecule has 0 saturated heterocycles. The third-order valence-corrected chi connectivity index (χ3v) is 5.20. The van der Waals surface area contributed by atoms with Crippen LogP contribution < -0.4 is 5.63 Å². The second-order valence-electron chi connectivity index (χ2n) is 7.73. The standard InChI is InChI=1S/C27H15N3O3/c1-27(2)23(22(16-30)25(33-27)21(14-28)15-29)10-9-19-12-20-11-17-7-5-3-4-6-8-18(17)13-24(20)32-26(19)31/h3-5,7,9-13H,1-2H3/b4-3-,5-3?,7-5?,10-9+,17-7?. The lowest BCUT2D eigenvalue weighted by Gasteiger charge is -2.20. The van der Waals surface area contributed by atoms with Crippen LogP contribution in [0.4, 0.5) is 0 Å². The topological polar surface area (TPSA) is 111 Å². The molecular formula is C27H15N3O3. The predicted molar refractivity (Wildman–Crippen MR) is 123 cm³/mol. The molecule has 0 spiro atoms. The van der Waals surface area contributed by atoms with Crippen LogP contribution in [0, 0.1) is 45.8 Å². The molecule has 6 nitrogen and oxygen atoms in total. The quantitative estimate of drug-likeness (QED) is 0.390. The average Bonchev–Trinajstić information content (AvgIpc) is 3.03. The van der Waals surface area contributed by atoms with E-state index in [0.717, 1.165) is 16.5 Å². The third kappa shape index (κ3) is 3.86. The summed E-state index contributed by atoms with van der Waals surface area (Å²) < 4.78 is 11.3. The van der Waals surface area contributed by atoms with Crippen molar-refractivity contribution in [3.05, 3.63) is 92.1 Å². The number of benzene rings is 1. The molecule has 2 heterocycles. The van der Waals surface area contributed by atoms with Gasteiger partial charge in [0.1, 0.15) is 35.0 Å². The van der Waals surface area contributed by atoms with Crippen molar-refractivity contribution in [2.45, 2.75) is 19.4 Å². The number of hydrogen-bond donors (Lipinski definition) is 0. The number of nitrogens with zero attached hydrogens (tertiary/aromatic N) is 3. The van der Waals surface area contributed by atoms with Gasteiger partial charge < -0.3 is 9.15 Å². The molecule has 2 aliphatic rings. The third-order valence-electron chi connectivity index (χ3n) is 5.20. The number of ether oxygens (including phenoxy) is 1. The van der Waals surface area contributed by atoms with E-state index in [1.54, 1.807) is 56.3 Å². The second-order valence-corrected chi connectivity index (χ2v) is 7.73. The Labute approximate surface area is 189 Å². The molecule has 1 aromatic carbocycles. The number of nitriles is 3. The summed E-state index contributed by atoms with van der Waals surface area (Å²) in [4.78, 5) is 12.6. The molecule has 1 aromatic heterocycles. The van der Waals surface area contributed by atoms with Gasteiger partial charge in [0.15, 0.2) is 11.3 Å². The summed E-state index contributed by atoms with van der Waals surface area (Å²) in [5.74, 6) is 5.90. The number of allylic oxidation sites excluding steroid dienone is 5. The molecule has 0 fully saturated rings. The fraction of sp³-hybridized carbons (Fsp3) is 0.111. The van der Waals surface area contributed by atoms with Crippen LogP contribution in [0.3, 0.4) is 0 Å². The summed E-state index contributed by atoms with van der Waals surface area (Å²) in [6.07, 6.45) is 10.5. The van der Waals surface area contributed by atoms with Crippen molar-refractivity contribution in [2.24, 2.45) is 0 Å². The summed E-state index contributed by atoms with van der Waals surface area (Å²) in [6.45, 7) is 3.43. The van der Waals surface area contributed by atoms with Gasteiger partial charge in [0.2, 0.25) is 0 Å². The highest BCUT2D eigenvalue weighted by Crippen LogP contribution is 2.40. The van der Waals surface area contributed by atoms with Crippen LogP contribution in [0.2, 0.25) is 0 Å². The van der Waals surface area contributed by atoms with Gasteiger partial charge in [0.25, 0.3) is 0 Å². The first-order valence-electron chi connectivity index (χ1n) is 9.91. The van der Waals surface area contributed by atoms with E-state index in [-0.39, 0.29) is 22.5 Å². The van der Waals surface area contributed by atoms with Gasteiger partial charge in [-0.25, -0.2) is 4.79 Å². The van der Waals surface area contributed by atoms with Crippen LogP contribution in [0.1, 0.15) is 30.5 Å². The van der Waals surface area contributed by atoms with Crippen molar-refractivity contribution >= 4 is 23.1 Å². The Hall–Kier alpha value is -5.04. The molecule has 0 saturated carbocycles. The summed E-state index contributed by atoms with van der Waals surface area (Å²) in [7, 11) is 0. The predicted octanol–water partition coefficient (Wildman–Crippen LogP) is 4.67. The maximum atomic E-state index is 12.6. The number of fused-ring (bicyclic) bond motifs is 2. The molecule has 1 aliphatic carbocycles. The van der Waals surface area contributed by atoms with Gasteiger partial charge >= 0.3 is 5.63 Å². The minimum Gasteiger partial charge on any atom is -0.480 e. The van der Waals surface area contributed by atoms with E-state index in [1.165, 1.54) is 0 Å². The van der Waals surface area contributed by atoms with E-state index in [1.807, 2.05) is 30.4 Å². The molecule has 33 heavy (non-hydrogen) atoms. The molecule has 0 radical (unpaired) electrons. The van der Waals surface area contributed by atoms with Crippen molar-refractivity contribution in [1.29, 1.82) is 15.8 Å². The van der Waals surface area contributed by atoms with Crippen molar-refractivity contribution in [3.8, 4) is 30.0 Å². The summed E-state index contributed by atoms with van der Waals surface area (Å²) in [6, 6.07) is 10.9. The van der Waals surface area contributed by atoms with Gasteiger partial charge in [-0.3, -0.25) is 0 Å². The summed E-state index contributed by atoms with van der Waals surface area (Å²) in [5.41, 5.74) is 1.09. The lowest BCUT2D eigenvalue weighted by Crippen LogP contribution is -2.20. The first-order chi connectivity index (χ1) is 15.9. The zero-order valence-electron chi connectivity index (χ0n) is 17.8. The highest BCUT2D eigenvalue weighted by atomic mass is 16.5. The molecule has 2 aromatic rings. The van der Waals surface area contributed by atoms with E-state index in [2.05, 4.69) is 11.8 Å². The van der Waals surface area contributed by atoms with Crippen molar-refractivity contribution in [2.75, 3.05) is 0 Å². The molecule has 1 aliphatic heterocycles. The molecular weight excluding hydrogens is 414 g/mol. The SMILES string of the molecule is CC1(C)OC(=C(C#N)C#N)C(C#N)=C1/C=C/c1cc2cc3c(cc2oc1=O)C#C/C=C\C=C3. The molecule has 0 bridgehead atoms. The lowest BCUT2D eigenvalue weighted by molar-refractivity contribution is 0.0954. The zero-order chi connectivity index (χ0) is 23.6. The molecule has 6 heteroatoms. The zero-order valence-corrected chi connectivity index (χ0v) is 17.8. The largest absolute Gasteiger partial charge is 0.480 e. The van der Waals surface area contributed by atoms with Gasteiger partial charge in [0, 0.05) is 16.5 Å². The molecule has 0 amide bonds. The normalized spacial score (nSPS) is 16.5. The summed E-state index contributed by atoms with van der Waals surface area (Å²) in [5, 5.41) is 28.7. The Morgan fingerprint density at radius 3 is 2.61 bits per heavy atom. The lowest BCUT2D eigenvalue weighted by atomic mass is 9.94. The van der Waals surface area contributed by atoms with E-state index in [0.29, 0.717) is 11.2 Å². The first-order valence-corrected chi connectivity index (χ1v) is 9.91. The minimum atomic E-state index is -0.973. The Kier molecular flexibility index (Phi) is 5.29. The molecule has 0 atom stereocenters. The van der Waals surface area contributed by atoms with Gasteiger partial charge in [0.05, 0.1) is 5.56 Å². The van der Waals surface area contributed by atoms with E-state index >= 15 is 0 Å². The van der Waals surface area contributed by atoms with E-state index in [4.69, 9.17) is 9.15 Å². The maximum Gasteiger partial charge on any atom is 0.343 e. The van der Waals surface area contributed by atoms with Crippen LogP contribution in [0.15, 0.2) is 74.2 Å². The molecule has 4 rings (SSSR count). The van der Waals surface area contributed by atoms with Gasteiger partial charge in [-0.05, 0) is 49.8 Å². The molecule has 0 unspecified atom stereocenters. The van der Waals surface area contributed by atoms with Crippen molar-refractivity contribution in [3.63, 3.8) is 0 Å². The van der Waals surface area contributed by atoms with Crippen LogP contribution in [-0.2, 0) is 4.74 Å². The fourth-order valence-electron chi connectivity index (χ4n) is 3.60. The van der Waals surface area contributed by atoms with Crippen molar-refractivity contribution in [1.82, 2.24) is 0 Å². The highest BCUT2D eigenvalue weighted by molar-refractivity contribution is 5.84. The first kappa shape index (κ1) is 21.2. The Morgan fingerprint density at radius 2 is 1.88 bits per heavy atom. The van der Waals surface area contributed by atoms with Gasteiger partial charge in [-0.1, -0.05) is 36.1 Å². The minimum absolute atomic E-state index is 0.0572.